The van der Waals surface area contributed by atoms with Gasteiger partial charge in [0, 0.05) is 24.0 Å². The zero-order valence-electron chi connectivity index (χ0n) is 11.2. The fourth-order valence-corrected chi connectivity index (χ4v) is 1.84. The Morgan fingerprint density at radius 3 is 2.85 bits per heavy atom. The van der Waals surface area contributed by atoms with Crippen molar-refractivity contribution in [2.45, 2.75) is 13.5 Å². The summed E-state index contributed by atoms with van der Waals surface area (Å²) in [5.41, 5.74) is 0.639. The first-order chi connectivity index (χ1) is 9.51. The van der Waals surface area contributed by atoms with Crippen molar-refractivity contribution in [3.05, 3.63) is 57.6 Å². The lowest BCUT2D eigenvalue weighted by Crippen LogP contribution is -2.19. The second-order valence-electron chi connectivity index (χ2n) is 4.30. The number of methoxy groups -OCH3 is 1. The average molecular weight is 274 g/mol. The molecule has 0 bridgehead atoms. The Balaban J connectivity index is 2.40. The van der Waals surface area contributed by atoms with Crippen LogP contribution in [0.3, 0.4) is 0 Å². The Hall–Kier alpha value is -2.63. The van der Waals surface area contributed by atoms with Gasteiger partial charge in [-0.1, -0.05) is 6.07 Å². The van der Waals surface area contributed by atoms with E-state index in [9.17, 15) is 9.59 Å². The molecule has 0 aromatic carbocycles. The molecule has 6 heteroatoms. The van der Waals surface area contributed by atoms with Crippen LogP contribution < -0.4 is 10.2 Å². The molecule has 2 aromatic heterocycles. The minimum atomic E-state index is -1.23. The van der Waals surface area contributed by atoms with Crippen LogP contribution >= 0.6 is 0 Å². The number of carbonyl (C=O) groups is 1. The highest BCUT2D eigenvalue weighted by Gasteiger charge is 2.11. The average Bonchev–Trinajstić information content (AvgIpc) is 2.41. The molecular formula is C14H14N2O4. The summed E-state index contributed by atoms with van der Waals surface area (Å²) in [6, 6.07) is 6.64. The third-order valence-electron chi connectivity index (χ3n) is 2.90. The van der Waals surface area contributed by atoms with Crippen LogP contribution in [0.1, 0.15) is 21.7 Å². The van der Waals surface area contributed by atoms with E-state index in [1.807, 2.05) is 0 Å². The molecule has 20 heavy (non-hydrogen) atoms. The second-order valence-corrected chi connectivity index (χ2v) is 4.30. The highest BCUT2D eigenvalue weighted by Crippen LogP contribution is 2.09. The molecule has 104 valence electrons. The normalized spacial score (nSPS) is 10.3. The van der Waals surface area contributed by atoms with Gasteiger partial charge in [-0.05, 0) is 13.0 Å². The number of aromatic carboxylic acids is 1. The zero-order chi connectivity index (χ0) is 14.7. The van der Waals surface area contributed by atoms with Gasteiger partial charge < -0.3 is 14.4 Å². The quantitative estimate of drug-likeness (QED) is 0.909. The van der Waals surface area contributed by atoms with Crippen molar-refractivity contribution in [1.82, 2.24) is 9.55 Å². The van der Waals surface area contributed by atoms with Gasteiger partial charge in [-0.3, -0.25) is 4.79 Å². The van der Waals surface area contributed by atoms with E-state index >= 15 is 0 Å². The molecule has 0 spiro atoms. The Kier molecular flexibility index (Phi) is 3.84. The van der Waals surface area contributed by atoms with Crippen LogP contribution in [0, 0.1) is 6.92 Å². The van der Waals surface area contributed by atoms with Crippen LogP contribution in [0.5, 0.6) is 5.88 Å². The lowest BCUT2D eigenvalue weighted by atomic mass is 10.2. The highest BCUT2D eigenvalue weighted by atomic mass is 16.5. The molecule has 0 aliphatic rings. The van der Waals surface area contributed by atoms with E-state index in [0.29, 0.717) is 23.8 Å². The molecule has 2 heterocycles. The summed E-state index contributed by atoms with van der Waals surface area (Å²) in [5, 5.41) is 8.98. The molecule has 2 rings (SSSR count). The van der Waals surface area contributed by atoms with Gasteiger partial charge in [0.15, 0.2) is 5.43 Å². The van der Waals surface area contributed by atoms with Gasteiger partial charge in [-0.15, -0.1) is 0 Å². The highest BCUT2D eigenvalue weighted by molar-refractivity contribution is 5.87. The first-order valence-corrected chi connectivity index (χ1v) is 5.95. The van der Waals surface area contributed by atoms with E-state index in [2.05, 4.69) is 4.98 Å². The van der Waals surface area contributed by atoms with Crippen LogP contribution in [0.25, 0.3) is 0 Å². The van der Waals surface area contributed by atoms with Gasteiger partial charge in [0.2, 0.25) is 5.88 Å². The molecular weight excluding hydrogens is 260 g/mol. The molecule has 0 aliphatic carbocycles. The van der Waals surface area contributed by atoms with Crippen molar-refractivity contribution in [2.24, 2.45) is 0 Å². The Morgan fingerprint density at radius 1 is 1.45 bits per heavy atom. The maximum atomic E-state index is 11.6. The topological polar surface area (TPSA) is 81.4 Å². The van der Waals surface area contributed by atoms with Crippen LogP contribution in [0.4, 0.5) is 0 Å². The van der Waals surface area contributed by atoms with E-state index in [1.165, 1.54) is 19.4 Å². The largest absolute Gasteiger partial charge is 0.481 e. The van der Waals surface area contributed by atoms with Gasteiger partial charge in [0.1, 0.15) is 5.56 Å². The summed E-state index contributed by atoms with van der Waals surface area (Å²) in [4.78, 5) is 26.8. The minimum absolute atomic E-state index is 0.251. The van der Waals surface area contributed by atoms with Crippen LogP contribution in [0.15, 0.2) is 35.3 Å². The summed E-state index contributed by atoms with van der Waals surface area (Å²) < 4.78 is 6.71. The molecule has 2 aromatic rings. The number of nitrogens with zero attached hydrogens (tertiary/aromatic N) is 2. The molecule has 0 aliphatic heterocycles. The van der Waals surface area contributed by atoms with Gasteiger partial charge in [-0.2, -0.15) is 0 Å². The summed E-state index contributed by atoms with van der Waals surface area (Å²) in [5.74, 6) is -0.748. The summed E-state index contributed by atoms with van der Waals surface area (Å²) in [6.45, 7) is 2.11. The molecule has 0 fully saturated rings. The summed E-state index contributed by atoms with van der Waals surface area (Å²) in [7, 11) is 1.53. The number of ether oxygens (including phenoxy) is 1. The molecule has 0 saturated carbocycles. The number of hydrogen-bond acceptors (Lipinski definition) is 4. The Morgan fingerprint density at radius 2 is 2.20 bits per heavy atom. The molecule has 0 amide bonds. The smallest absolute Gasteiger partial charge is 0.341 e. The first kappa shape index (κ1) is 13.8. The number of aromatic nitrogens is 2. The van der Waals surface area contributed by atoms with Gasteiger partial charge in [0.25, 0.3) is 0 Å². The van der Waals surface area contributed by atoms with E-state index in [0.717, 1.165) is 0 Å². The lowest BCUT2D eigenvalue weighted by Gasteiger charge is -2.11. The van der Waals surface area contributed by atoms with E-state index in [-0.39, 0.29) is 5.56 Å². The van der Waals surface area contributed by atoms with Crippen LogP contribution in [-0.2, 0) is 6.54 Å². The predicted octanol–water partition coefficient (Wildman–Crippen LogP) is 1.31. The number of rotatable bonds is 4. The second kappa shape index (κ2) is 5.56. The SMILES string of the molecule is COc1cccc(Cn2cc(C(=O)O)c(=O)cc2C)n1. The fourth-order valence-electron chi connectivity index (χ4n) is 1.84. The lowest BCUT2D eigenvalue weighted by molar-refractivity contribution is 0.0694. The number of carboxylic acid groups (broad SMARTS) is 1. The number of aryl methyl sites for hydroxylation is 1. The number of hydrogen-bond donors (Lipinski definition) is 1. The minimum Gasteiger partial charge on any atom is -0.481 e. The van der Waals surface area contributed by atoms with Gasteiger partial charge in [-0.25, -0.2) is 9.78 Å². The molecule has 0 saturated heterocycles. The summed E-state index contributed by atoms with van der Waals surface area (Å²) in [6.07, 6.45) is 1.33. The van der Waals surface area contributed by atoms with Crippen molar-refractivity contribution in [3.8, 4) is 5.88 Å². The first-order valence-electron chi connectivity index (χ1n) is 5.95. The summed E-state index contributed by atoms with van der Waals surface area (Å²) >= 11 is 0. The maximum Gasteiger partial charge on any atom is 0.341 e. The van der Waals surface area contributed by atoms with Crippen molar-refractivity contribution >= 4 is 5.97 Å². The predicted molar refractivity (Wildman–Crippen MR) is 72.3 cm³/mol. The monoisotopic (exact) mass is 274 g/mol. The van der Waals surface area contributed by atoms with Crippen molar-refractivity contribution in [2.75, 3.05) is 7.11 Å². The Bertz CT molecular complexity index is 707. The molecule has 0 unspecified atom stereocenters. The Labute approximate surface area is 115 Å². The van der Waals surface area contributed by atoms with Crippen molar-refractivity contribution < 1.29 is 14.6 Å². The molecule has 0 radical (unpaired) electrons. The fraction of sp³-hybridized carbons (Fsp3) is 0.214. The molecule has 1 N–H and O–H groups in total. The third-order valence-corrected chi connectivity index (χ3v) is 2.90. The number of pyridine rings is 2. The van der Waals surface area contributed by atoms with E-state index in [4.69, 9.17) is 9.84 Å². The third kappa shape index (κ3) is 2.85. The maximum absolute atomic E-state index is 11.6. The van der Waals surface area contributed by atoms with Crippen molar-refractivity contribution in [3.63, 3.8) is 0 Å². The molecule has 0 atom stereocenters. The molecule has 6 nitrogen and oxygen atoms in total. The zero-order valence-corrected chi connectivity index (χ0v) is 11.2. The van der Waals surface area contributed by atoms with Crippen LogP contribution in [-0.4, -0.2) is 27.7 Å². The van der Waals surface area contributed by atoms with E-state index in [1.54, 1.807) is 29.7 Å². The van der Waals surface area contributed by atoms with Crippen LogP contribution in [0.2, 0.25) is 0 Å². The van der Waals surface area contributed by atoms with Crippen molar-refractivity contribution in [1.29, 1.82) is 0 Å². The van der Waals surface area contributed by atoms with Gasteiger partial charge in [0.05, 0.1) is 19.3 Å². The standard InChI is InChI=1S/C14H14N2O4/c1-9-6-12(17)11(14(18)19)8-16(9)7-10-4-3-5-13(15-10)20-2/h3-6,8H,7H2,1-2H3,(H,18,19). The van der Waals surface area contributed by atoms with E-state index < -0.39 is 11.4 Å². The van der Waals surface area contributed by atoms with Gasteiger partial charge >= 0.3 is 5.97 Å². The number of carboxylic acids is 1.